The van der Waals surface area contributed by atoms with E-state index in [2.05, 4.69) is 50.7 Å². The molecule has 0 aliphatic rings. The highest BCUT2D eigenvalue weighted by atomic mass is 19.1. The highest BCUT2D eigenvalue weighted by molar-refractivity contribution is 5.32. The fraction of sp³-hybridized carbons (Fsp3) is 0.545. The van der Waals surface area contributed by atoms with E-state index in [9.17, 15) is 4.39 Å². The first-order valence-corrected chi connectivity index (χ1v) is 9.33. The van der Waals surface area contributed by atoms with Gasteiger partial charge in [-0.05, 0) is 60.3 Å². The maximum atomic E-state index is 13.9. The van der Waals surface area contributed by atoms with Gasteiger partial charge < -0.3 is 4.74 Å². The molecule has 26 heavy (non-hydrogen) atoms. The van der Waals surface area contributed by atoms with Crippen LogP contribution in [0, 0.1) is 23.1 Å². The lowest BCUT2D eigenvalue weighted by Gasteiger charge is -2.25. The van der Waals surface area contributed by atoms with Gasteiger partial charge in [0.25, 0.3) is 0 Å². The minimum atomic E-state index is -0.241. The Morgan fingerprint density at radius 2 is 1.85 bits per heavy atom. The minimum absolute atomic E-state index is 0.130. The second-order valence-electron chi connectivity index (χ2n) is 8.37. The summed E-state index contributed by atoms with van der Waals surface area (Å²) in [6, 6.07) is 5.16. The first kappa shape index (κ1) is 20.3. The van der Waals surface area contributed by atoms with E-state index >= 15 is 0 Å². The van der Waals surface area contributed by atoms with Crippen molar-refractivity contribution in [1.82, 2.24) is 9.97 Å². The number of pyridine rings is 2. The van der Waals surface area contributed by atoms with Crippen LogP contribution in [0.1, 0.15) is 51.6 Å². The number of aromatic nitrogens is 2. The molecule has 2 rings (SSSR count). The Balaban J connectivity index is 2.14. The second-order valence-corrected chi connectivity index (χ2v) is 8.37. The summed E-state index contributed by atoms with van der Waals surface area (Å²) >= 11 is 0. The van der Waals surface area contributed by atoms with Gasteiger partial charge in [-0.25, -0.2) is 4.39 Å². The number of halogens is 1. The second kappa shape index (κ2) is 8.61. The van der Waals surface area contributed by atoms with Crippen molar-refractivity contribution in [1.29, 1.82) is 0 Å². The summed E-state index contributed by atoms with van der Waals surface area (Å²) in [6.07, 6.45) is 5.84. The van der Waals surface area contributed by atoms with Crippen molar-refractivity contribution >= 4 is 0 Å². The quantitative estimate of drug-likeness (QED) is 0.645. The predicted molar refractivity (Wildman–Crippen MR) is 104 cm³/mol. The van der Waals surface area contributed by atoms with E-state index < -0.39 is 0 Å². The Hall–Kier alpha value is -1.97. The van der Waals surface area contributed by atoms with Gasteiger partial charge >= 0.3 is 0 Å². The average Bonchev–Trinajstić information content (AvgIpc) is 2.57. The van der Waals surface area contributed by atoms with Crippen molar-refractivity contribution in [2.75, 3.05) is 7.11 Å². The molecular formula is C22H31FN2O. The van der Waals surface area contributed by atoms with E-state index in [-0.39, 0.29) is 11.2 Å². The van der Waals surface area contributed by atoms with E-state index in [1.54, 1.807) is 19.4 Å². The van der Waals surface area contributed by atoms with Gasteiger partial charge in [0.05, 0.1) is 18.5 Å². The van der Waals surface area contributed by atoms with Crippen LogP contribution in [0.25, 0.3) is 0 Å². The van der Waals surface area contributed by atoms with Gasteiger partial charge in [0.2, 0.25) is 0 Å². The molecular weight excluding hydrogens is 327 g/mol. The molecule has 0 bridgehead atoms. The smallest absolute Gasteiger partial charge is 0.144 e. The molecule has 1 unspecified atom stereocenters. The van der Waals surface area contributed by atoms with Gasteiger partial charge in [-0.1, -0.05) is 34.6 Å². The van der Waals surface area contributed by atoms with Gasteiger partial charge in [-0.3, -0.25) is 9.97 Å². The normalized spacial score (nSPS) is 13.1. The fourth-order valence-electron chi connectivity index (χ4n) is 3.10. The Kier molecular flexibility index (Phi) is 6.74. The van der Waals surface area contributed by atoms with Crippen molar-refractivity contribution in [2.45, 2.75) is 53.9 Å². The van der Waals surface area contributed by atoms with Crippen LogP contribution < -0.4 is 4.74 Å². The largest absolute Gasteiger partial charge is 0.495 e. The first-order valence-electron chi connectivity index (χ1n) is 9.33. The SMILES string of the molecule is COc1cc(CC(C)(C)Cc2ncccc2F)cnc1CC(C)C(C)C. The maximum absolute atomic E-state index is 13.9. The maximum Gasteiger partial charge on any atom is 0.144 e. The number of ether oxygens (including phenoxy) is 1. The van der Waals surface area contributed by atoms with Gasteiger partial charge in [0, 0.05) is 12.4 Å². The van der Waals surface area contributed by atoms with Crippen LogP contribution in [0.3, 0.4) is 0 Å². The highest BCUT2D eigenvalue weighted by Crippen LogP contribution is 2.30. The molecule has 0 radical (unpaired) electrons. The summed E-state index contributed by atoms with van der Waals surface area (Å²) in [5.41, 5.74) is 2.49. The van der Waals surface area contributed by atoms with Crippen molar-refractivity contribution in [2.24, 2.45) is 17.3 Å². The molecule has 0 aromatic carbocycles. The molecule has 2 aromatic heterocycles. The number of nitrogens with zero attached hydrogens (tertiary/aromatic N) is 2. The Labute approximate surface area is 157 Å². The summed E-state index contributed by atoms with van der Waals surface area (Å²) < 4.78 is 19.5. The van der Waals surface area contributed by atoms with Crippen LogP contribution in [0.5, 0.6) is 5.75 Å². The lowest BCUT2D eigenvalue weighted by Crippen LogP contribution is -2.20. The molecule has 0 saturated carbocycles. The molecule has 142 valence electrons. The summed E-state index contributed by atoms with van der Waals surface area (Å²) in [5.74, 6) is 1.75. The van der Waals surface area contributed by atoms with Gasteiger partial charge in [0.15, 0.2) is 0 Å². The molecule has 0 amide bonds. The summed E-state index contributed by atoms with van der Waals surface area (Å²) in [7, 11) is 1.69. The van der Waals surface area contributed by atoms with Crippen LogP contribution in [0.15, 0.2) is 30.6 Å². The summed E-state index contributed by atoms with van der Waals surface area (Å²) in [6.45, 7) is 10.9. The monoisotopic (exact) mass is 358 g/mol. The van der Waals surface area contributed by atoms with Crippen molar-refractivity contribution < 1.29 is 9.13 Å². The average molecular weight is 359 g/mol. The van der Waals surface area contributed by atoms with Gasteiger partial charge in [-0.2, -0.15) is 0 Å². The summed E-state index contributed by atoms with van der Waals surface area (Å²) in [5, 5.41) is 0. The number of hydrogen-bond donors (Lipinski definition) is 0. The number of methoxy groups -OCH3 is 1. The molecule has 2 aromatic rings. The standard InChI is InChI=1S/C22H31FN2O/c1-15(2)16(3)10-19-21(26-6)11-17(14-25-19)12-22(4,5)13-20-18(23)8-7-9-24-20/h7-9,11,14-16H,10,12-13H2,1-6H3. The van der Waals surface area contributed by atoms with Crippen LogP contribution in [-0.2, 0) is 19.3 Å². The van der Waals surface area contributed by atoms with E-state index in [0.717, 1.165) is 29.8 Å². The van der Waals surface area contributed by atoms with E-state index in [0.29, 0.717) is 24.0 Å². The van der Waals surface area contributed by atoms with Gasteiger partial charge in [-0.15, -0.1) is 0 Å². The number of hydrogen-bond acceptors (Lipinski definition) is 3. The third kappa shape index (κ3) is 5.52. The first-order chi connectivity index (χ1) is 12.2. The molecule has 4 heteroatoms. The molecule has 2 heterocycles. The zero-order valence-electron chi connectivity index (χ0n) is 16.8. The zero-order valence-corrected chi connectivity index (χ0v) is 16.8. The topological polar surface area (TPSA) is 35.0 Å². The van der Waals surface area contributed by atoms with Crippen LogP contribution in [-0.4, -0.2) is 17.1 Å². The van der Waals surface area contributed by atoms with Crippen molar-refractivity contribution in [3.8, 4) is 5.75 Å². The summed E-state index contributed by atoms with van der Waals surface area (Å²) in [4.78, 5) is 8.85. The van der Waals surface area contributed by atoms with Crippen molar-refractivity contribution in [3.63, 3.8) is 0 Å². The van der Waals surface area contributed by atoms with E-state index in [4.69, 9.17) is 4.74 Å². The Morgan fingerprint density at radius 1 is 1.12 bits per heavy atom. The van der Waals surface area contributed by atoms with E-state index in [1.807, 2.05) is 6.20 Å². The van der Waals surface area contributed by atoms with Crippen molar-refractivity contribution in [3.05, 3.63) is 53.4 Å². The molecule has 0 saturated heterocycles. The molecule has 3 nitrogen and oxygen atoms in total. The minimum Gasteiger partial charge on any atom is -0.495 e. The number of rotatable bonds is 8. The highest BCUT2D eigenvalue weighted by Gasteiger charge is 2.23. The lowest BCUT2D eigenvalue weighted by atomic mass is 9.81. The van der Waals surface area contributed by atoms with Crippen LogP contribution in [0.2, 0.25) is 0 Å². The third-order valence-corrected chi connectivity index (χ3v) is 5.02. The molecule has 0 aliphatic carbocycles. The Bertz CT molecular complexity index is 728. The molecule has 0 spiro atoms. The van der Waals surface area contributed by atoms with Gasteiger partial charge in [0.1, 0.15) is 11.6 Å². The van der Waals surface area contributed by atoms with E-state index in [1.165, 1.54) is 6.07 Å². The molecule has 1 atom stereocenters. The third-order valence-electron chi connectivity index (χ3n) is 5.02. The van der Waals surface area contributed by atoms with Crippen LogP contribution in [0.4, 0.5) is 4.39 Å². The predicted octanol–water partition coefficient (Wildman–Crippen LogP) is 5.27. The zero-order chi connectivity index (χ0) is 19.3. The molecule has 0 fully saturated rings. The lowest BCUT2D eigenvalue weighted by molar-refractivity contribution is 0.346. The fourth-order valence-corrected chi connectivity index (χ4v) is 3.10. The molecule has 0 N–H and O–H groups in total. The molecule has 0 aliphatic heterocycles. The Morgan fingerprint density at radius 3 is 2.46 bits per heavy atom. The van der Waals surface area contributed by atoms with Crippen LogP contribution >= 0.6 is 0 Å².